The van der Waals surface area contributed by atoms with E-state index in [9.17, 15) is 0 Å². The van der Waals surface area contributed by atoms with Gasteiger partial charge in [0.15, 0.2) is 5.65 Å². The van der Waals surface area contributed by atoms with E-state index in [1.165, 1.54) is 10.3 Å². The summed E-state index contributed by atoms with van der Waals surface area (Å²) in [5.41, 5.74) is 1.83. The number of tetrazole rings is 1. The lowest BCUT2D eigenvalue weighted by Gasteiger charge is -2.19. The van der Waals surface area contributed by atoms with Crippen LogP contribution in [0, 0.1) is 0 Å². The zero-order chi connectivity index (χ0) is 14.9. The number of benzene rings is 1. The second-order valence-electron chi connectivity index (χ2n) is 5.30. The van der Waals surface area contributed by atoms with Gasteiger partial charge in [-0.1, -0.05) is 11.6 Å². The van der Waals surface area contributed by atoms with E-state index in [0.717, 1.165) is 30.4 Å². The first-order valence-corrected chi connectivity index (χ1v) is 7.48. The van der Waals surface area contributed by atoms with E-state index in [4.69, 9.17) is 11.6 Å². The lowest BCUT2D eigenvalue weighted by molar-refractivity contribution is 0.722. The molecule has 0 spiro atoms. The first kappa shape index (κ1) is 13.3. The highest BCUT2D eigenvalue weighted by Crippen LogP contribution is 2.23. The van der Waals surface area contributed by atoms with Crippen LogP contribution in [0.15, 0.2) is 36.4 Å². The summed E-state index contributed by atoms with van der Waals surface area (Å²) in [4.78, 5) is 2.34. The maximum atomic E-state index is 5.94. The Hall–Kier alpha value is -2.41. The Labute approximate surface area is 131 Å². The Kier molecular flexibility index (Phi) is 3.27. The summed E-state index contributed by atoms with van der Waals surface area (Å²) >= 11 is 5.94. The van der Waals surface area contributed by atoms with Crippen molar-refractivity contribution in [1.29, 1.82) is 0 Å². The highest BCUT2D eigenvalue weighted by molar-refractivity contribution is 6.30. The molecule has 0 saturated carbocycles. The molecule has 3 heterocycles. The van der Waals surface area contributed by atoms with E-state index in [1.54, 1.807) is 0 Å². The molecule has 1 saturated heterocycles. The molecule has 1 fully saturated rings. The predicted octanol–water partition coefficient (Wildman–Crippen LogP) is 1.86. The van der Waals surface area contributed by atoms with Crippen molar-refractivity contribution >= 4 is 28.8 Å². The van der Waals surface area contributed by atoms with Crippen LogP contribution >= 0.6 is 11.6 Å². The zero-order valence-electron chi connectivity index (χ0n) is 11.7. The van der Waals surface area contributed by atoms with Crippen molar-refractivity contribution in [2.24, 2.45) is 0 Å². The van der Waals surface area contributed by atoms with Gasteiger partial charge in [0.25, 0.3) is 0 Å². The van der Waals surface area contributed by atoms with Crippen LogP contribution in [-0.4, -0.2) is 44.4 Å². The number of hydrogen-bond donors (Lipinski definition) is 1. The van der Waals surface area contributed by atoms with Gasteiger partial charge in [-0.15, -0.1) is 14.8 Å². The molecule has 0 bridgehead atoms. The fourth-order valence-corrected chi connectivity index (χ4v) is 2.83. The van der Waals surface area contributed by atoms with Crippen molar-refractivity contribution in [2.45, 2.75) is 12.5 Å². The number of nitrogens with zero attached hydrogens (tertiary/aromatic N) is 6. The summed E-state index contributed by atoms with van der Waals surface area (Å²) in [6.07, 6.45) is 1.05. The minimum atomic E-state index is 0.345. The second-order valence-corrected chi connectivity index (χ2v) is 5.73. The number of rotatable bonds is 3. The van der Waals surface area contributed by atoms with E-state index in [1.807, 2.05) is 24.3 Å². The van der Waals surface area contributed by atoms with Crippen molar-refractivity contribution in [1.82, 2.24) is 25.3 Å². The average molecular weight is 316 g/mol. The van der Waals surface area contributed by atoms with E-state index in [0.29, 0.717) is 11.7 Å². The van der Waals surface area contributed by atoms with Gasteiger partial charge in [-0.2, -0.15) is 0 Å². The Bertz CT molecular complexity index is 785. The van der Waals surface area contributed by atoms with Crippen molar-refractivity contribution in [3.05, 3.63) is 41.4 Å². The monoisotopic (exact) mass is 315 g/mol. The predicted molar refractivity (Wildman–Crippen MR) is 84.3 cm³/mol. The van der Waals surface area contributed by atoms with Crippen molar-refractivity contribution in [2.75, 3.05) is 23.3 Å². The van der Waals surface area contributed by atoms with E-state index >= 15 is 0 Å². The lowest BCUT2D eigenvalue weighted by atomic mass is 10.2. The Morgan fingerprint density at radius 2 is 2.00 bits per heavy atom. The Morgan fingerprint density at radius 3 is 2.86 bits per heavy atom. The molecule has 1 atom stereocenters. The van der Waals surface area contributed by atoms with Gasteiger partial charge in [-0.25, -0.2) is 0 Å². The van der Waals surface area contributed by atoms with Crippen molar-refractivity contribution < 1.29 is 0 Å². The van der Waals surface area contributed by atoms with Gasteiger partial charge < -0.3 is 10.2 Å². The van der Waals surface area contributed by atoms with E-state index in [-0.39, 0.29) is 0 Å². The Balaban J connectivity index is 1.45. The molecular formula is C14H14ClN7. The summed E-state index contributed by atoms with van der Waals surface area (Å²) in [5.74, 6) is 0.780. The molecular weight excluding hydrogens is 302 g/mol. The fraction of sp³-hybridized carbons (Fsp3) is 0.286. The molecule has 2 aromatic heterocycles. The van der Waals surface area contributed by atoms with Crippen LogP contribution in [0.25, 0.3) is 5.65 Å². The van der Waals surface area contributed by atoms with Crippen LogP contribution in [0.4, 0.5) is 11.5 Å². The second kappa shape index (κ2) is 5.42. The first-order chi connectivity index (χ1) is 10.8. The quantitative estimate of drug-likeness (QED) is 0.795. The fourth-order valence-electron chi connectivity index (χ4n) is 2.70. The van der Waals surface area contributed by atoms with Crippen LogP contribution < -0.4 is 10.2 Å². The Morgan fingerprint density at radius 1 is 1.14 bits per heavy atom. The highest BCUT2D eigenvalue weighted by atomic mass is 35.5. The SMILES string of the molecule is Clc1ccc(N2CC[C@@H](Nc3ccc4nnnn4n3)C2)cc1. The highest BCUT2D eigenvalue weighted by Gasteiger charge is 2.23. The standard InChI is InChI=1S/C14H14ClN7/c15-10-1-3-12(4-2-10)21-8-7-11(9-21)16-13-5-6-14-17-19-20-22(14)18-13/h1-6,11H,7-9H2,(H,16,18)/t11-/m1/s1. The van der Waals surface area contributed by atoms with Crippen LogP contribution in [0.3, 0.4) is 0 Å². The number of aromatic nitrogens is 5. The van der Waals surface area contributed by atoms with E-state index in [2.05, 4.69) is 43.0 Å². The molecule has 7 nitrogen and oxygen atoms in total. The summed E-state index contributed by atoms with van der Waals surface area (Å²) < 4.78 is 1.42. The van der Waals surface area contributed by atoms with Gasteiger partial charge >= 0.3 is 0 Å². The molecule has 0 aliphatic carbocycles. The van der Waals surface area contributed by atoms with Crippen LogP contribution in [0.2, 0.25) is 5.02 Å². The molecule has 1 aliphatic heterocycles. The summed E-state index contributed by atoms with van der Waals surface area (Å²) in [6.45, 7) is 1.93. The third-order valence-corrected chi connectivity index (χ3v) is 4.05. The van der Waals surface area contributed by atoms with Gasteiger partial charge in [0.1, 0.15) is 5.82 Å². The van der Waals surface area contributed by atoms with Gasteiger partial charge in [-0.05, 0) is 53.2 Å². The summed E-state index contributed by atoms with van der Waals surface area (Å²) in [6, 6.07) is 12.0. The molecule has 0 amide bonds. The molecule has 3 aromatic rings. The van der Waals surface area contributed by atoms with Gasteiger partial charge in [0, 0.05) is 29.8 Å². The average Bonchev–Trinajstić information content (AvgIpc) is 3.17. The minimum absolute atomic E-state index is 0.345. The smallest absolute Gasteiger partial charge is 0.200 e. The normalized spacial score (nSPS) is 18.0. The number of anilines is 2. The molecule has 1 aromatic carbocycles. The zero-order valence-corrected chi connectivity index (χ0v) is 12.5. The number of hydrogen-bond acceptors (Lipinski definition) is 6. The largest absolute Gasteiger partial charge is 0.369 e. The number of halogens is 1. The van der Waals surface area contributed by atoms with Crippen LogP contribution in [0.5, 0.6) is 0 Å². The van der Waals surface area contributed by atoms with Gasteiger partial charge in [0.05, 0.1) is 0 Å². The molecule has 8 heteroatoms. The molecule has 22 heavy (non-hydrogen) atoms. The third-order valence-electron chi connectivity index (χ3n) is 3.80. The van der Waals surface area contributed by atoms with E-state index < -0.39 is 0 Å². The number of fused-ring (bicyclic) bond motifs is 1. The molecule has 0 unspecified atom stereocenters. The summed E-state index contributed by atoms with van der Waals surface area (Å²) in [5, 5.41) is 19.8. The molecule has 0 radical (unpaired) electrons. The number of nitrogens with one attached hydrogen (secondary N) is 1. The lowest BCUT2D eigenvalue weighted by Crippen LogP contribution is -2.26. The van der Waals surface area contributed by atoms with Crippen LogP contribution in [-0.2, 0) is 0 Å². The first-order valence-electron chi connectivity index (χ1n) is 7.10. The van der Waals surface area contributed by atoms with Crippen molar-refractivity contribution in [3.63, 3.8) is 0 Å². The third kappa shape index (κ3) is 2.55. The molecule has 1 N–H and O–H groups in total. The maximum Gasteiger partial charge on any atom is 0.200 e. The van der Waals surface area contributed by atoms with Crippen molar-refractivity contribution in [3.8, 4) is 0 Å². The molecule has 112 valence electrons. The maximum absolute atomic E-state index is 5.94. The van der Waals surface area contributed by atoms with Gasteiger partial charge in [-0.3, -0.25) is 0 Å². The topological polar surface area (TPSA) is 71.2 Å². The molecule has 1 aliphatic rings. The molecule has 4 rings (SSSR count). The van der Waals surface area contributed by atoms with Gasteiger partial charge in [0.2, 0.25) is 0 Å². The minimum Gasteiger partial charge on any atom is -0.369 e. The summed E-state index contributed by atoms with van der Waals surface area (Å²) in [7, 11) is 0. The van der Waals surface area contributed by atoms with Crippen LogP contribution in [0.1, 0.15) is 6.42 Å².